The van der Waals surface area contributed by atoms with E-state index in [0.717, 1.165) is 12.2 Å². The summed E-state index contributed by atoms with van der Waals surface area (Å²) in [5, 5.41) is 7.77. The highest BCUT2D eigenvalue weighted by Crippen LogP contribution is 2.27. The molecule has 1 amide bonds. The zero-order chi connectivity index (χ0) is 17.9. The number of hydrogen-bond donors (Lipinski definition) is 1. The number of aromatic amines is 1. The van der Waals surface area contributed by atoms with Crippen LogP contribution in [0.3, 0.4) is 0 Å². The molecule has 2 aliphatic rings. The molecular weight excluding hydrogens is 362 g/mol. The second kappa shape index (κ2) is 8.05. The summed E-state index contributed by atoms with van der Waals surface area (Å²) < 4.78 is 24.4. The van der Waals surface area contributed by atoms with E-state index < -0.39 is 10.0 Å². The fourth-order valence-corrected chi connectivity index (χ4v) is 4.95. The van der Waals surface area contributed by atoms with Gasteiger partial charge in [-0.3, -0.25) is 9.89 Å². The van der Waals surface area contributed by atoms with Gasteiger partial charge in [-0.05, 0) is 5.92 Å². The van der Waals surface area contributed by atoms with Crippen molar-refractivity contribution in [1.29, 1.82) is 0 Å². The van der Waals surface area contributed by atoms with Crippen LogP contribution in [0.1, 0.15) is 31.5 Å². The molecule has 2 fully saturated rings. The Morgan fingerprint density at radius 1 is 1.24 bits per heavy atom. The summed E-state index contributed by atoms with van der Waals surface area (Å²) in [5.74, 6) is 1.89. The molecule has 1 N–H and O–H groups in total. The Balaban J connectivity index is 1.43. The Kier molecular flexibility index (Phi) is 6.00. The highest BCUT2D eigenvalue weighted by molar-refractivity contribution is 7.99. The van der Waals surface area contributed by atoms with E-state index >= 15 is 0 Å². The van der Waals surface area contributed by atoms with Crippen LogP contribution < -0.4 is 0 Å². The smallest absolute Gasteiger partial charge is 0.233 e. The van der Waals surface area contributed by atoms with Crippen LogP contribution >= 0.6 is 11.8 Å². The van der Waals surface area contributed by atoms with Gasteiger partial charge in [0, 0.05) is 32.6 Å². The van der Waals surface area contributed by atoms with Gasteiger partial charge in [0.2, 0.25) is 21.1 Å². The number of aromatic nitrogens is 3. The van der Waals surface area contributed by atoms with Gasteiger partial charge < -0.3 is 4.90 Å². The Bertz CT molecular complexity index is 692. The average Bonchev–Trinajstić information content (AvgIpc) is 3.24. The monoisotopic (exact) mass is 387 g/mol. The minimum absolute atomic E-state index is 0.000272. The number of amides is 1. The summed E-state index contributed by atoms with van der Waals surface area (Å²) in [5.41, 5.74) is 0. The molecule has 140 valence electrons. The van der Waals surface area contributed by atoms with E-state index in [1.54, 1.807) is 4.90 Å². The second-order valence-electron chi connectivity index (χ2n) is 6.75. The number of nitrogens with zero attached hydrogens (tertiary/aromatic N) is 4. The summed E-state index contributed by atoms with van der Waals surface area (Å²) >= 11 is 1.33. The first kappa shape index (κ1) is 18.7. The molecule has 0 aromatic carbocycles. The molecule has 0 atom stereocenters. The van der Waals surface area contributed by atoms with Crippen molar-refractivity contribution in [3.05, 3.63) is 5.82 Å². The molecule has 0 unspecified atom stereocenters. The summed E-state index contributed by atoms with van der Waals surface area (Å²) in [6.07, 6.45) is 7.28. The van der Waals surface area contributed by atoms with Crippen molar-refractivity contribution < 1.29 is 13.2 Å². The van der Waals surface area contributed by atoms with Gasteiger partial charge in [0.25, 0.3) is 0 Å². The number of sulfonamides is 1. The molecule has 3 rings (SSSR count). The van der Waals surface area contributed by atoms with E-state index in [0.29, 0.717) is 37.3 Å². The molecule has 2 heterocycles. The van der Waals surface area contributed by atoms with Crippen LogP contribution in [0.25, 0.3) is 0 Å². The van der Waals surface area contributed by atoms with Gasteiger partial charge in [0.1, 0.15) is 5.82 Å². The Morgan fingerprint density at radius 3 is 2.56 bits per heavy atom. The summed E-state index contributed by atoms with van der Waals surface area (Å²) in [7, 11) is -3.17. The zero-order valence-corrected chi connectivity index (χ0v) is 16.1. The summed E-state index contributed by atoms with van der Waals surface area (Å²) in [6, 6.07) is 0. The molecule has 1 aromatic heterocycles. The number of piperazine rings is 1. The van der Waals surface area contributed by atoms with Crippen LogP contribution in [0.15, 0.2) is 5.16 Å². The Labute approximate surface area is 152 Å². The van der Waals surface area contributed by atoms with Crippen molar-refractivity contribution >= 4 is 27.7 Å². The SMILES string of the molecule is CS(=O)(=O)N1CCN(C(=O)CSc2n[nH]c(CC3CCCC3)n2)CC1. The van der Waals surface area contributed by atoms with Gasteiger partial charge in [-0.15, -0.1) is 5.10 Å². The van der Waals surface area contributed by atoms with E-state index in [1.165, 1.54) is 48.0 Å². The van der Waals surface area contributed by atoms with Crippen LogP contribution in [-0.2, 0) is 21.2 Å². The number of hydrogen-bond acceptors (Lipinski definition) is 6. The van der Waals surface area contributed by atoms with E-state index in [2.05, 4.69) is 15.2 Å². The number of thioether (sulfide) groups is 1. The molecule has 25 heavy (non-hydrogen) atoms. The van der Waals surface area contributed by atoms with Crippen LogP contribution in [-0.4, -0.2) is 76.9 Å². The highest BCUT2D eigenvalue weighted by Gasteiger charge is 2.26. The predicted octanol–water partition coefficient (Wildman–Crippen LogP) is 0.733. The third-order valence-electron chi connectivity index (χ3n) is 4.85. The lowest BCUT2D eigenvalue weighted by molar-refractivity contribution is -0.129. The van der Waals surface area contributed by atoms with Gasteiger partial charge in [0.05, 0.1) is 12.0 Å². The van der Waals surface area contributed by atoms with E-state index in [-0.39, 0.29) is 11.7 Å². The first-order valence-corrected chi connectivity index (χ1v) is 11.5. The maximum atomic E-state index is 12.3. The standard InChI is InChI=1S/C15H25N5O3S2/c1-25(22,23)20-8-6-19(7-9-20)14(21)11-24-15-16-13(17-18-15)10-12-4-2-3-5-12/h12H,2-11H2,1H3,(H,16,17,18). The number of carbonyl (C=O) groups excluding carboxylic acids is 1. The summed E-state index contributed by atoms with van der Waals surface area (Å²) in [6.45, 7) is 1.60. The quantitative estimate of drug-likeness (QED) is 0.723. The Hall–Kier alpha value is -1.13. The van der Waals surface area contributed by atoms with Gasteiger partial charge in [-0.2, -0.15) is 4.31 Å². The van der Waals surface area contributed by atoms with Gasteiger partial charge in [-0.25, -0.2) is 13.4 Å². The van der Waals surface area contributed by atoms with Gasteiger partial charge in [-0.1, -0.05) is 37.4 Å². The molecule has 0 bridgehead atoms. The molecule has 0 spiro atoms. The van der Waals surface area contributed by atoms with Crippen LogP contribution in [0, 0.1) is 5.92 Å². The molecule has 1 saturated carbocycles. The van der Waals surface area contributed by atoms with E-state index in [4.69, 9.17) is 0 Å². The number of H-pyrrole nitrogens is 1. The predicted molar refractivity (Wildman–Crippen MR) is 95.8 cm³/mol. The lowest BCUT2D eigenvalue weighted by Crippen LogP contribution is -2.50. The minimum atomic E-state index is -3.17. The first-order valence-electron chi connectivity index (χ1n) is 8.69. The van der Waals surface area contributed by atoms with Crippen molar-refractivity contribution in [2.24, 2.45) is 5.92 Å². The molecule has 1 aliphatic carbocycles. The first-order chi connectivity index (χ1) is 11.9. The molecule has 10 heteroatoms. The van der Waals surface area contributed by atoms with Crippen LogP contribution in [0.5, 0.6) is 0 Å². The van der Waals surface area contributed by atoms with Gasteiger partial charge in [0.15, 0.2) is 0 Å². The minimum Gasteiger partial charge on any atom is -0.339 e. The number of carbonyl (C=O) groups is 1. The number of nitrogens with one attached hydrogen (secondary N) is 1. The summed E-state index contributed by atoms with van der Waals surface area (Å²) in [4.78, 5) is 18.5. The molecular formula is C15H25N5O3S2. The topological polar surface area (TPSA) is 99.3 Å². The maximum Gasteiger partial charge on any atom is 0.233 e. The van der Waals surface area contributed by atoms with Crippen LogP contribution in [0.4, 0.5) is 0 Å². The lowest BCUT2D eigenvalue weighted by Gasteiger charge is -2.33. The third-order valence-corrected chi connectivity index (χ3v) is 6.99. The zero-order valence-electron chi connectivity index (χ0n) is 14.5. The largest absolute Gasteiger partial charge is 0.339 e. The lowest BCUT2D eigenvalue weighted by atomic mass is 10.0. The van der Waals surface area contributed by atoms with Crippen molar-refractivity contribution in [3.8, 4) is 0 Å². The average molecular weight is 388 g/mol. The normalized spacial score (nSPS) is 20.3. The molecule has 1 aromatic rings. The van der Waals surface area contributed by atoms with Crippen molar-refractivity contribution in [2.45, 2.75) is 37.3 Å². The van der Waals surface area contributed by atoms with Gasteiger partial charge >= 0.3 is 0 Å². The fraction of sp³-hybridized carbons (Fsp3) is 0.800. The maximum absolute atomic E-state index is 12.3. The highest BCUT2D eigenvalue weighted by atomic mass is 32.2. The van der Waals surface area contributed by atoms with Crippen molar-refractivity contribution in [3.63, 3.8) is 0 Å². The van der Waals surface area contributed by atoms with Crippen molar-refractivity contribution in [1.82, 2.24) is 24.4 Å². The van der Waals surface area contributed by atoms with E-state index in [1.807, 2.05) is 0 Å². The molecule has 0 radical (unpaired) electrons. The molecule has 1 saturated heterocycles. The molecule has 1 aliphatic heterocycles. The third kappa shape index (κ3) is 5.18. The Morgan fingerprint density at radius 2 is 1.92 bits per heavy atom. The van der Waals surface area contributed by atoms with E-state index in [9.17, 15) is 13.2 Å². The van der Waals surface area contributed by atoms with Crippen molar-refractivity contribution in [2.75, 3.05) is 38.2 Å². The fourth-order valence-electron chi connectivity index (χ4n) is 3.41. The second-order valence-corrected chi connectivity index (χ2v) is 9.68. The van der Waals surface area contributed by atoms with Crippen LogP contribution in [0.2, 0.25) is 0 Å². The molecule has 8 nitrogen and oxygen atoms in total. The number of rotatable bonds is 6.